The van der Waals surface area contributed by atoms with Crippen molar-refractivity contribution in [3.63, 3.8) is 0 Å². The molecular weight excluding hydrogens is 527 g/mol. The Hall–Kier alpha value is -3.78. The Labute approximate surface area is 215 Å². The Kier molecular flexibility index (Phi) is 5.30. The number of anilines is 1. The zero-order valence-corrected chi connectivity index (χ0v) is 20.7. The summed E-state index contributed by atoms with van der Waals surface area (Å²) in [6.07, 6.45) is 3.72. The molecule has 0 N–H and O–H groups in total. The van der Waals surface area contributed by atoms with Crippen molar-refractivity contribution >= 4 is 45.3 Å². The Bertz CT molecular complexity index is 1450. The summed E-state index contributed by atoms with van der Waals surface area (Å²) in [6, 6.07) is 16.6. The number of nitrogens with zero attached hydrogens (tertiary/aromatic N) is 2. The van der Waals surface area contributed by atoms with E-state index in [9.17, 15) is 18.8 Å². The van der Waals surface area contributed by atoms with Crippen LogP contribution in [0.3, 0.4) is 0 Å². The van der Waals surface area contributed by atoms with Crippen molar-refractivity contribution in [3.05, 3.63) is 99.9 Å². The smallest absolute Gasteiger partial charge is 0.240 e. The van der Waals surface area contributed by atoms with Crippen molar-refractivity contribution in [2.24, 2.45) is 11.8 Å². The molecule has 2 saturated heterocycles. The van der Waals surface area contributed by atoms with Gasteiger partial charge in [0.05, 0.1) is 35.1 Å². The molecule has 0 bridgehead atoms. The van der Waals surface area contributed by atoms with Gasteiger partial charge in [-0.3, -0.25) is 14.4 Å². The highest BCUT2D eigenvalue weighted by Gasteiger charge is 2.64. The third-order valence-corrected chi connectivity index (χ3v) is 7.87. The minimum atomic E-state index is -0.892. The number of halogens is 2. The molecule has 3 aromatic carbocycles. The molecule has 0 unspecified atom stereocenters. The van der Waals surface area contributed by atoms with E-state index in [0.717, 1.165) is 16.0 Å². The first-order chi connectivity index (χ1) is 17.4. The summed E-state index contributed by atoms with van der Waals surface area (Å²) < 4.78 is 19.5. The molecule has 180 valence electrons. The SMILES string of the molecule is COc1ccc(C(=O)[C@@H]2[C@@H]3C(=O)N(c4ccc(F)cc4)C(=O)[C@H]3[C@H]3c4ccccc4C=CN23)cc1Br. The van der Waals surface area contributed by atoms with Crippen molar-refractivity contribution < 1.29 is 23.5 Å². The molecule has 6 nitrogen and oxygen atoms in total. The molecule has 2 fully saturated rings. The predicted octanol–water partition coefficient (Wildman–Crippen LogP) is 5.00. The molecule has 2 amide bonds. The van der Waals surface area contributed by atoms with E-state index in [-0.39, 0.29) is 11.7 Å². The van der Waals surface area contributed by atoms with E-state index in [2.05, 4.69) is 15.9 Å². The zero-order chi connectivity index (χ0) is 25.1. The van der Waals surface area contributed by atoms with E-state index < -0.39 is 35.6 Å². The molecular formula is C28H20BrFN2O4. The van der Waals surface area contributed by atoms with Gasteiger partial charge in [0.25, 0.3) is 0 Å². The summed E-state index contributed by atoms with van der Waals surface area (Å²) >= 11 is 3.43. The molecule has 0 spiro atoms. The molecule has 8 heteroatoms. The highest BCUT2D eigenvalue weighted by molar-refractivity contribution is 9.10. The van der Waals surface area contributed by atoms with Crippen LogP contribution in [0.1, 0.15) is 27.5 Å². The van der Waals surface area contributed by atoms with Gasteiger partial charge in [0.2, 0.25) is 11.8 Å². The number of benzene rings is 3. The first-order valence-corrected chi connectivity index (χ1v) is 12.3. The average Bonchev–Trinajstić information content (AvgIpc) is 3.36. The molecule has 3 heterocycles. The van der Waals surface area contributed by atoms with Gasteiger partial charge in [-0.05, 0) is 75.6 Å². The minimum Gasteiger partial charge on any atom is -0.496 e. The third-order valence-electron chi connectivity index (χ3n) is 7.25. The highest BCUT2D eigenvalue weighted by atomic mass is 79.9. The average molecular weight is 547 g/mol. The van der Waals surface area contributed by atoms with Crippen LogP contribution in [-0.2, 0) is 9.59 Å². The van der Waals surface area contributed by atoms with Crippen molar-refractivity contribution in [1.82, 2.24) is 4.90 Å². The maximum absolute atomic E-state index is 14.0. The molecule has 3 aromatic rings. The van der Waals surface area contributed by atoms with Gasteiger partial charge in [-0.1, -0.05) is 24.3 Å². The fourth-order valence-electron chi connectivity index (χ4n) is 5.69. The number of carbonyl (C=O) groups is 3. The lowest BCUT2D eigenvalue weighted by Crippen LogP contribution is -2.44. The number of carbonyl (C=O) groups excluding carboxylic acids is 3. The third kappa shape index (κ3) is 3.24. The van der Waals surface area contributed by atoms with Crippen molar-refractivity contribution in [3.8, 4) is 5.75 Å². The van der Waals surface area contributed by atoms with Gasteiger partial charge in [0.1, 0.15) is 17.6 Å². The molecule has 6 rings (SSSR count). The van der Waals surface area contributed by atoms with E-state index in [0.29, 0.717) is 21.5 Å². The Balaban J connectivity index is 1.48. The van der Waals surface area contributed by atoms with Gasteiger partial charge < -0.3 is 9.64 Å². The Morgan fingerprint density at radius 1 is 0.972 bits per heavy atom. The van der Waals surface area contributed by atoms with Crippen LogP contribution in [0.25, 0.3) is 6.08 Å². The molecule has 3 aliphatic heterocycles. The van der Waals surface area contributed by atoms with E-state index in [1.54, 1.807) is 18.2 Å². The van der Waals surface area contributed by atoms with E-state index in [4.69, 9.17) is 4.74 Å². The number of Topliss-reactive ketones (excluding diaryl/α,β-unsaturated/α-hetero) is 1. The lowest BCUT2D eigenvalue weighted by Gasteiger charge is -2.35. The molecule has 0 radical (unpaired) electrons. The number of ether oxygens (including phenoxy) is 1. The number of fused-ring (bicyclic) bond motifs is 5. The van der Waals surface area contributed by atoms with Crippen LogP contribution in [0.15, 0.2) is 77.4 Å². The molecule has 4 atom stereocenters. The van der Waals surface area contributed by atoms with Gasteiger partial charge in [-0.25, -0.2) is 9.29 Å². The fraction of sp³-hybridized carbons (Fsp3) is 0.179. The highest BCUT2D eigenvalue weighted by Crippen LogP contribution is 2.53. The van der Waals surface area contributed by atoms with Crippen molar-refractivity contribution in [1.29, 1.82) is 0 Å². The van der Waals surface area contributed by atoms with Crippen molar-refractivity contribution in [2.45, 2.75) is 12.1 Å². The van der Waals surface area contributed by atoms with Gasteiger partial charge in [-0.15, -0.1) is 0 Å². The summed E-state index contributed by atoms with van der Waals surface area (Å²) in [4.78, 5) is 44.6. The Morgan fingerprint density at radius 2 is 1.69 bits per heavy atom. The number of rotatable bonds is 4. The number of methoxy groups -OCH3 is 1. The largest absolute Gasteiger partial charge is 0.496 e. The zero-order valence-electron chi connectivity index (χ0n) is 19.1. The quantitative estimate of drug-likeness (QED) is 0.340. The second kappa shape index (κ2) is 8.41. The van der Waals surface area contributed by atoms with Crippen LogP contribution >= 0.6 is 15.9 Å². The summed E-state index contributed by atoms with van der Waals surface area (Å²) in [5, 5.41) is 0. The van der Waals surface area contributed by atoms with Crippen LogP contribution in [0, 0.1) is 17.7 Å². The van der Waals surface area contributed by atoms with Crippen LogP contribution in [0.2, 0.25) is 0 Å². The standard InChI is InChI=1S/C28H20BrFN2O4/c1-36-21-11-6-16(14-20(21)29)26(33)25-23-22(24-19-5-3-2-4-15(19)12-13-31(24)25)27(34)32(28(23)35)18-9-7-17(30)8-10-18/h2-14,22-25H,1H3/t22-,23-,24-,25+/m1/s1. The van der Waals surface area contributed by atoms with Gasteiger partial charge in [0.15, 0.2) is 5.78 Å². The van der Waals surface area contributed by atoms with E-state index >= 15 is 0 Å². The fourth-order valence-corrected chi connectivity index (χ4v) is 6.23. The number of amides is 2. The molecule has 0 saturated carbocycles. The van der Waals surface area contributed by atoms with E-state index in [1.165, 1.54) is 31.4 Å². The summed E-state index contributed by atoms with van der Waals surface area (Å²) in [5.74, 6) is -2.64. The van der Waals surface area contributed by atoms with Gasteiger partial charge in [0, 0.05) is 11.8 Å². The van der Waals surface area contributed by atoms with Crippen LogP contribution in [0.5, 0.6) is 5.75 Å². The van der Waals surface area contributed by atoms with Crippen LogP contribution in [0.4, 0.5) is 10.1 Å². The molecule has 3 aliphatic rings. The van der Waals surface area contributed by atoms with Crippen LogP contribution in [-0.4, -0.2) is 35.6 Å². The normalized spacial score (nSPS) is 24.0. The van der Waals surface area contributed by atoms with Crippen molar-refractivity contribution in [2.75, 3.05) is 12.0 Å². The summed E-state index contributed by atoms with van der Waals surface area (Å²) in [7, 11) is 1.54. The Morgan fingerprint density at radius 3 is 2.42 bits per heavy atom. The summed E-state index contributed by atoms with van der Waals surface area (Å²) in [6.45, 7) is 0. The number of hydrogen-bond donors (Lipinski definition) is 0. The van der Waals surface area contributed by atoms with Crippen LogP contribution < -0.4 is 9.64 Å². The van der Waals surface area contributed by atoms with Gasteiger partial charge >= 0.3 is 0 Å². The number of imide groups is 1. The number of ketones is 1. The maximum Gasteiger partial charge on any atom is 0.240 e. The molecule has 0 aromatic heterocycles. The minimum absolute atomic E-state index is 0.262. The lowest BCUT2D eigenvalue weighted by molar-refractivity contribution is -0.123. The predicted molar refractivity (Wildman–Crippen MR) is 135 cm³/mol. The van der Waals surface area contributed by atoms with E-state index in [1.807, 2.05) is 41.4 Å². The molecule has 36 heavy (non-hydrogen) atoms. The maximum atomic E-state index is 14.0. The summed E-state index contributed by atoms with van der Waals surface area (Å²) in [5.41, 5.74) is 2.53. The second-order valence-corrected chi connectivity index (χ2v) is 9.89. The van der Waals surface area contributed by atoms with Gasteiger partial charge in [-0.2, -0.15) is 0 Å². The topological polar surface area (TPSA) is 66.9 Å². The lowest BCUT2D eigenvalue weighted by atomic mass is 9.83. The monoisotopic (exact) mass is 546 g/mol. The second-order valence-electron chi connectivity index (χ2n) is 9.03. The first-order valence-electron chi connectivity index (χ1n) is 11.5. The molecule has 0 aliphatic carbocycles. The number of hydrogen-bond acceptors (Lipinski definition) is 5. The first kappa shape index (κ1) is 22.7.